The minimum atomic E-state index is -0.00378. The predicted molar refractivity (Wildman–Crippen MR) is 104 cm³/mol. The molecule has 0 fully saturated rings. The number of carbonyl (C=O) groups is 1. The van der Waals surface area contributed by atoms with Crippen LogP contribution in [0.5, 0.6) is 0 Å². The SMILES string of the molecule is CC[C@H](NC(=O)CSc1nc2ccc(Cl)cc2[nH]1)c1ccc(C)cc1. The van der Waals surface area contributed by atoms with Crippen LogP contribution in [-0.4, -0.2) is 21.6 Å². The third-order valence-corrected chi connectivity index (χ3v) is 5.09. The topological polar surface area (TPSA) is 57.8 Å². The van der Waals surface area contributed by atoms with Gasteiger partial charge in [-0.1, -0.05) is 60.1 Å². The minimum absolute atomic E-state index is 0.00378. The molecule has 3 rings (SSSR count). The van der Waals surface area contributed by atoms with E-state index in [2.05, 4.69) is 53.4 Å². The Balaban J connectivity index is 1.60. The monoisotopic (exact) mass is 373 g/mol. The lowest BCUT2D eigenvalue weighted by Gasteiger charge is -2.17. The highest BCUT2D eigenvalue weighted by Crippen LogP contribution is 2.23. The second-order valence-corrected chi connectivity index (χ2v) is 7.33. The van der Waals surface area contributed by atoms with Crippen molar-refractivity contribution in [3.63, 3.8) is 0 Å². The number of H-pyrrole nitrogens is 1. The van der Waals surface area contributed by atoms with Crippen molar-refractivity contribution in [2.24, 2.45) is 0 Å². The number of aryl methyl sites for hydroxylation is 1. The molecule has 130 valence electrons. The van der Waals surface area contributed by atoms with Gasteiger partial charge in [-0.2, -0.15) is 0 Å². The molecule has 4 nitrogen and oxygen atoms in total. The molecule has 2 aromatic carbocycles. The van der Waals surface area contributed by atoms with Crippen LogP contribution in [0.1, 0.15) is 30.5 Å². The quantitative estimate of drug-likeness (QED) is 0.605. The van der Waals surface area contributed by atoms with Crippen molar-refractivity contribution in [1.82, 2.24) is 15.3 Å². The van der Waals surface area contributed by atoms with Gasteiger partial charge in [0.1, 0.15) is 0 Å². The summed E-state index contributed by atoms with van der Waals surface area (Å²) in [6, 6.07) is 13.8. The smallest absolute Gasteiger partial charge is 0.230 e. The molecule has 0 saturated carbocycles. The number of hydrogen-bond donors (Lipinski definition) is 2. The van der Waals surface area contributed by atoms with Crippen LogP contribution in [0, 0.1) is 6.92 Å². The average molecular weight is 374 g/mol. The molecule has 0 spiro atoms. The molecule has 1 aromatic heterocycles. The van der Waals surface area contributed by atoms with Crippen LogP contribution >= 0.6 is 23.4 Å². The summed E-state index contributed by atoms with van der Waals surface area (Å²) >= 11 is 7.37. The molecule has 1 amide bonds. The standard InChI is InChI=1S/C19H20ClN3OS/c1-3-15(13-6-4-12(2)5-7-13)21-18(24)11-25-19-22-16-9-8-14(20)10-17(16)23-19/h4-10,15H,3,11H2,1-2H3,(H,21,24)(H,22,23)/t15-/m0/s1. The number of thioether (sulfide) groups is 1. The highest BCUT2D eigenvalue weighted by Gasteiger charge is 2.13. The molecule has 6 heteroatoms. The normalized spacial score (nSPS) is 12.3. The molecule has 0 radical (unpaired) electrons. The summed E-state index contributed by atoms with van der Waals surface area (Å²) in [6.07, 6.45) is 0.850. The molecule has 0 aliphatic rings. The fourth-order valence-corrected chi connectivity index (χ4v) is 3.48. The van der Waals surface area contributed by atoms with Gasteiger partial charge in [0.2, 0.25) is 5.91 Å². The Morgan fingerprint density at radius 2 is 2.04 bits per heavy atom. The minimum Gasteiger partial charge on any atom is -0.349 e. The van der Waals surface area contributed by atoms with E-state index in [4.69, 9.17) is 11.6 Å². The molecule has 0 unspecified atom stereocenters. The van der Waals surface area contributed by atoms with E-state index in [-0.39, 0.29) is 11.9 Å². The van der Waals surface area contributed by atoms with Crippen molar-refractivity contribution >= 4 is 40.3 Å². The number of aromatic amines is 1. The number of hydrogen-bond acceptors (Lipinski definition) is 3. The van der Waals surface area contributed by atoms with Crippen LogP contribution in [-0.2, 0) is 4.79 Å². The highest BCUT2D eigenvalue weighted by atomic mass is 35.5. The molecule has 2 N–H and O–H groups in total. The van der Waals surface area contributed by atoms with E-state index < -0.39 is 0 Å². The number of aromatic nitrogens is 2. The molecular weight excluding hydrogens is 354 g/mol. The summed E-state index contributed by atoms with van der Waals surface area (Å²) in [5, 5.41) is 4.47. The molecule has 0 bridgehead atoms. The Morgan fingerprint density at radius 3 is 2.76 bits per heavy atom. The number of fused-ring (bicyclic) bond motifs is 1. The number of rotatable bonds is 6. The largest absolute Gasteiger partial charge is 0.349 e. The van der Waals surface area contributed by atoms with Crippen molar-refractivity contribution in [2.45, 2.75) is 31.5 Å². The maximum atomic E-state index is 12.3. The number of nitrogens with one attached hydrogen (secondary N) is 2. The average Bonchev–Trinajstić information content (AvgIpc) is 3.00. The summed E-state index contributed by atoms with van der Waals surface area (Å²) in [7, 11) is 0. The van der Waals surface area contributed by atoms with Crippen molar-refractivity contribution in [1.29, 1.82) is 0 Å². The summed E-state index contributed by atoms with van der Waals surface area (Å²) in [4.78, 5) is 19.9. The van der Waals surface area contributed by atoms with E-state index in [1.165, 1.54) is 17.3 Å². The van der Waals surface area contributed by atoms with Gasteiger partial charge in [0.15, 0.2) is 5.16 Å². The molecule has 1 atom stereocenters. The van der Waals surface area contributed by atoms with Gasteiger partial charge in [-0.05, 0) is 37.1 Å². The van der Waals surface area contributed by atoms with E-state index >= 15 is 0 Å². The van der Waals surface area contributed by atoms with Crippen LogP contribution in [0.3, 0.4) is 0 Å². The Morgan fingerprint density at radius 1 is 1.28 bits per heavy atom. The van der Waals surface area contributed by atoms with Crippen LogP contribution in [0.15, 0.2) is 47.6 Å². The fraction of sp³-hybridized carbons (Fsp3) is 0.263. The molecule has 0 aliphatic heterocycles. The Bertz CT molecular complexity index is 876. The highest BCUT2D eigenvalue weighted by molar-refractivity contribution is 7.99. The molecule has 25 heavy (non-hydrogen) atoms. The number of carbonyl (C=O) groups excluding carboxylic acids is 1. The zero-order valence-electron chi connectivity index (χ0n) is 14.2. The van der Waals surface area contributed by atoms with Gasteiger partial charge in [0.25, 0.3) is 0 Å². The first-order valence-corrected chi connectivity index (χ1v) is 9.55. The van der Waals surface area contributed by atoms with Crippen LogP contribution in [0.2, 0.25) is 5.02 Å². The maximum Gasteiger partial charge on any atom is 0.230 e. The zero-order chi connectivity index (χ0) is 17.8. The van der Waals surface area contributed by atoms with Crippen LogP contribution in [0.25, 0.3) is 11.0 Å². The first-order chi connectivity index (χ1) is 12.0. The second-order valence-electron chi connectivity index (χ2n) is 5.93. The van der Waals surface area contributed by atoms with Gasteiger partial charge in [0, 0.05) is 5.02 Å². The lowest BCUT2D eigenvalue weighted by atomic mass is 10.0. The molecule has 3 aromatic rings. The predicted octanol–water partition coefficient (Wildman–Crippen LogP) is 4.88. The van der Waals surface area contributed by atoms with E-state index in [1.807, 2.05) is 12.1 Å². The van der Waals surface area contributed by atoms with E-state index in [1.54, 1.807) is 6.07 Å². The fourth-order valence-electron chi connectivity index (χ4n) is 2.62. The number of imidazole rings is 1. The zero-order valence-corrected chi connectivity index (χ0v) is 15.7. The summed E-state index contributed by atoms with van der Waals surface area (Å²) in [6.45, 7) is 4.13. The van der Waals surface area contributed by atoms with Gasteiger partial charge in [-0.3, -0.25) is 4.79 Å². The van der Waals surface area contributed by atoms with Gasteiger partial charge in [0.05, 0.1) is 22.8 Å². The number of benzene rings is 2. The lowest BCUT2D eigenvalue weighted by molar-refractivity contribution is -0.119. The van der Waals surface area contributed by atoms with E-state index in [0.717, 1.165) is 28.2 Å². The van der Waals surface area contributed by atoms with Gasteiger partial charge in [-0.25, -0.2) is 4.98 Å². The van der Waals surface area contributed by atoms with Crippen molar-refractivity contribution < 1.29 is 4.79 Å². The summed E-state index contributed by atoms with van der Waals surface area (Å²) < 4.78 is 0. The number of nitrogens with zero attached hydrogens (tertiary/aromatic N) is 1. The van der Waals surface area contributed by atoms with E-state index in [9.17, 15) is 4.79 Å². The molecule has 1 heterocycles. The van der Waals surface area contributed by atoms with Gasteiger partial charge < -0.3 is 10.3 Å². The van der Waals surface area contributed by atoms with Crippen molar-refractivity contribution in [3.05, 3.63) is 58.6 Å². The Hall–Kier alpha value is -1.98. The van der Waals surface area contributed by atoms with Gasteiger partial charge >= 0.3 is 0 Å². The molecular formula is C19H20ClN3OS. The maximum absolute atomic E-state index is 12.3. The first-order valence-electron chi connectivity index (χ1n) is 8.19. The van der Waals surface area contributed by atoms with Crippen LogP contribution in [0.4, 0.5) is 0 Å². The third kappa shape index (κ3) is 4.55. The summed E-state index contributed by atoms with van der Waals surface area (Å²) in [5.74, 6) is 0.312. The summed E-state index contributed by atoms with van der Waals surface area (Å²) in [5.41, 5.74) is 4.06. The number of amides is 1. The Kier molecular flexibility index (Phi) is 5.66. The van der Waals surface area contributed by atoms with E-state index in [0.29, 0.717) is 10.8 Å². The molecule has 0 aliphatic carbocycles. The molecule has 0 saturated heterocycles. The lowest BCUT2D eigenvalue weighted by Crippen LogP contribution is -2.29. The van der Waals surface area contributed by atoms with Crippen molar-refractivity contribution in [2.75, 3.05) is 5.75 Å². The second kappa shape index (κ2) is 7.93. The van der Waals surface area contributed by atoms with Gasteiger partial charge in [-0.15, -0.1) is 0 Å². The number of halogens is 1. The third-order valence-electron chi connectivity index (χ3n) is 3.99. The first kappa shape index (κ1) is 17.8. The Labute approximate surface area is 156 Å². The van der Waals surface area contributed by atoms with Crippen LogP contribution < -0.4 is 5.32 Å². The van der Waals surface area contributed by atoms with Crippen molar-refractivity contribution in [3.8, 4) is 0 Å².